The highest BCUT2D eigenvalue weighted by Gasteiger charge is 2.11. The fourth-order valence-corrected chi connectivity index (χ4v) is 2.19. The highest BCUT2D eigenvalue weighted by atomic mass is 16.2. The van der Waals surface area contributed by atoms with Crippen LogP contribution in [-0.2, 0) is 4.79 Å². The quantitative estimate of drug-likeness (QED) is 0.787. The number of nitrogens with one attached hydrogen (secondary N) is 3. The second kappa shape index (κ2) is 6.43. The number of hydrogen-bond acceptors (Lipinski definition) is 2. The van der Waals surface area contributed by atoms with E-state index in [9.17, 15) is 9.59 Å². The van der Waals surface area contributed by atoms with Gasteiger partial charge in [0, 0.05) is 28.7 Å². The van der Waals surface area contributed by atoms with Crippen molar-refractivity contribution in [2.75, 3.05) is 13.1 Å². The van der Waals surface area contributed by atoms with Crippen LogP contribution in [0.15, 0.2) is 18.2 Å². The molecule has 0 aliphatic rings. The van der Waals surface area contributed by atoms with Gasteiger partial charge in [-0.05, 0) is 44.0 Å². The van der Waals surface area contributed by atoms with E-state index >= 15 is 0 Å². The number of H-pyrrole nitrogens is 1. The first-order chi connectivity index (χ1) is 10.0. The van der Waals surface area contributed by atoms with Gasteiger partial charge in [-0.3, -0.25) is 9.59 Å². The van der Waals surface area contributed by atoms with Gasteiger partial charge >= 0.3 is 0 Å². The molecule has 0 spiro atoms. The van der Waals surface area contributed by atoms with E-state index in [1.807, 2.05) is 32.9 Å². The minimum Gasteiger partial charge on any atom is -0.358 e. The van der Waals surface area contributed by atoms with Gasteiger partial charge in [-0.15, -0.1) is 0 Å². The first-order valence-electron chi connectivity index (χ1n) is 7.16. The summed E-state index contributed by atoms with van der Waals surface area (Å²) in [4.78, 5) is 26.8. The number of rotatable bonds is 5. The summed E-state index contributed by atoms with van der Waals surface area (Å²) in [7, 11) is 0. The van der Waals surface area contributed by atoms with Gasteiger partial charge in [0.1, 0.15) is 0 Å². The summed E-state index contributed by atoms with van der Waals surface area (Å²) in [5.41, 5.74) is 3.82. The predicted molar refractivity (Wildman–Crippen MR) is 83.4 cm³/mol. The van der Waals surface area contributed by atoms with Gasteiger partial charge in [-0.2, -0.15) is 0 Å². The fraction of sp³-hybridized carbons (Fsp3) is 0.375. The van der Waals surface area contributed by atoms with Crippen molar-refractivity contribution in [3.05, 3.63) is 35.0 Å². The largest absolute Gasteiger partial charge is 0.358 e. The Morgan fingerprint density at radius 2 is 1.95 bits per heavy atom. The normalized spacial score (nSPS) is 10.6. The van der Waals surface area contributed by atoms with Crippen LogP contribution in [0.2, 0.25) is 0 Å². The van der Waals surface area contributed by atoms with Crippen molar-refractivity contribution in [2.24, 2.45) is 0 Å². The second-order valence-corrected chi connectivity index (χ2v) is 5.17. The maximum atomic E-state index is 12.1. The SMILES string of the molecule is CCCNC(=O)CNC(=O)c1ccc2[nH]c(C)c(C)c2c1. The van der Waals surface area contributed by atoms with E-state index in [1.54, 1.807) is 6.07 Å². The van der Waals surface area contributed by atoms with Crippen molar-refractivity contribution in [3.8, 4) is 0 Å². The zero-order valence-corrected chi connectivity index (χ0v) is 12.7. The molecule has 0 saturated heterocycles. The molecule has 0 fully saturated rings. The van der Waals surface area contributed by atoms with E-state index in [2.05, 4.69) is 15.6 Å². The van der Waals surface area contributed by atoms with Crippen LogP contribution < -0.4 is 10.6 Å². The Hall–Kier alpha value is -2.30. The average molecular weight is 287 g/mol. The van der Waals surface area contributed by atoms with Gasteiger partial charge in [0.05, 0.1) is 6.54 Å². The molecule has 0 unspecified atom stereocenters. The molecule has 3 N–H and O–H groups in total. The third kappa shape index (κ3) is 3.42. The van der Waals surface area contributed by atoms with Crippen molar-refractivity contribution >= 4 is 22.7 Å². The standard InChI is InChI=1S/C16H21N3O2/c1-4-7-17-15(20)9-18-16(21)12-5-6-14-13(8-12)10(2)11(3)19-14/h5-6,8,19H,4,7,9H2,1-3H3,(H,17,20)(H,18,21). The minimum absolute atomic E-state index is 0.00200. The predicted octanol–water partition coefficient (Wildman–Crippen LogP) is 2.04. The third-order valence-corrected chi connectivity index (χ3v) is 3.55. The zero-order valence-electron chi connectivity index (χ0n) is 12.7. The fourth-order valence-electron chi connectivity index (χ4n) is 2.19. The highest BCUT2D eigenvalue weighted by molar-refractivity contribution is 6.00. The summed E-state index contributed by atoms with van der Waals surface area (Å²) in [5.74, 6) is -0.401. The number of benzene rings is 1. The zero-order chi connectivity index (χ0) is 15.4. The molecule has 1 heterocycles. The van der Waals surface area contributed by atoms with E-state index in [4.69, 9.17) is 0 Å². The van der Waals surface area contributed by atoms with Crippen LogP contribution in [0.5, 0.6) is 0 Å². The Labute approximate surface area is 124 Å². The number of aromatic amines is 1. The van der Waals surface area contributed by atoms with Gasteiger partial charge in [0.15, 0.2) is 0 Å². The molecule has 0 bridgehead atoms. The number of fused-ring (bicyclic) bond motifs is 1. The third-order valence-electron chi connectivity index (χ3n) is 3.55. The van der Waals surface area contributed by atoms with Crippen molar-refractivity contribution in [1.82, 2.24) is 15.6 Å². The van der Waals surface area contributed by atoms with E-state index in [0.29, 0.717) is 12.1 Å². The number of amides is 2. The summed E-state index contributed by atoms with van der Waals surface area (Å²) in [6, 6.07) is 5.51. The minimum atomic E-state index is -0.234. The van der Waals surface area contributed by atoms with Crippen LogP contribution in [-0.4, -0.2) is 29.9 Å². The van der Waals surface area contributed by atoms with Crippen LogP contribution in [0.3, 0.4) is 0 Å². The molecule has 5 nitrogen and oxygen atoms in total. The number of aromatic nitrogens is 1. The lowest BCUT2D eigenvalue weighted by Crippen LogP contribution is -2.37. The maximum absolute atomic E-state index is 12.1. The number of aryl methyl sites for hydroxylation is 2. The molecule has 1 aromatic heterocycles. The van der Waals surface area contributed by atoms with Gasteiger partial charge < -0.3 is 15.6 Å². The Kier molecular flexibility index (Phi) is 4.62. The molecular formula is C16H21N3O2. The average Bonchev–Trinajstić information content (AvgIpc) is 2.77. The summed E-state index contributed by atoms with van der Waals surface area (Å²) >= 11 is 0. The van der Waals surface area contributed by atoms with E-state index in [1.165, 1.54) is 0 Å². The van der Waals surface area contributed by atoms with Crippen molar-refractivity contribution < 1.29 is 9.59 Å². The molecule has 0 aliphatic heterocycles. The molecule has 1 aromatic carbocycles. The van der Waals surface area contributed by atoms with Crippen LogP contribution >= 0.6 is 0 Å². The van der Waals surface area contributed by atoms with Gasteiger partial charge in [0.2, 0.25) is 5.91 Å². The lowest BCUT2D eigenvalue weighted by Gasteiger charge is -2.06. The van der Waals surface area contributed by atoms with Crippen molar-refractivity contribution in [1.29, 1.82) is 0 Å². The molecule has 5 heteroatoms. The molecular weight excluding hydrogens is 266 g/mol. The number of hydrogen-bond donors (Lipinski definition) is 3. The van der Waals surface area contributed by atoms with Crippen molar-refractivity contribution in [2.45, 2.75) is 27.2 Å². The molecule has 0 saturated carbocycles. The molecule has 0 aliphatic carbocycles. The second-order valence-electron chi connectivity index (χ2n) is 5.17. The first-order valence-corrected chi connectivity index (χ1v) is 7.16. The van der Waals surface area contributed by atoms with E-state index in [-0.39, 0.29) is 18.4 Å². The number of carbonyl (C=O) groups is 2. The van der Waals surface area contributed by atoms with E-state index in [0.717, 1.165) is 28.6 Å². The Bertz CT molecular complexity index is 673. The summed E-state index contributed by atoms with van der Waals surface area (Å²) in [6.07, 6.45) is 0.877. The van der Waals surface area contributed by atoms with Crippen LogP contribution in [0.4, 0.5) is 0 Å². The Morgan fingerprint density at radius 3 is 2.67 bits per heavy atom. The molecule has 112 valence electrons. The monoisotopic (exact) mass is 287 g/mol. The van der Waals surface area contributed by atoms with Crippen LogP contribution in [0.1, 0.15) is 35.0 Å². The van der Waals surface area contributed by atoms with Gasteiger partial charge in [0.25, 0.3) is 5.91 Å². The summed E-state index contributed by atoms with van der Waals surface area (Å²) in [6.45, 7) is 6.64. The highest BCUT2D eigenvalue weighted by Crippen LogP contribution is 2.22. The first kappa shape index (κ1) is 15.1. The maximum Gasteiger partial charge on any atom is 0.251 e. The lowest BCUT2D eigenvalue weighted by atomic mass is 10.1. The van der Waals surface area contributed by atoms with Gasteiger partial charge in [-0.25, -0.2) is 0 Å². The topological polar surface area (TPSA) is 74.0 Å². The summed E-state index contributed by atoms with van der Waals surface area (Å²) in [5, 5.41) is 6.40. The number of carbonyl (C=O) groups excluding carboxylic acids is 2. The molecule has 2 aromatic rings. The Balaban J connectivity index is 2.06. The van der Waals surface area contributed by atoms with Crippen LogP contribution in [0, 0.1) is 13.8 Å². The summed E-state index contributed by atoms with van der Waals surface area (Å²) < 4.78 is 0. The molecule has 0 atom stereocenters. The lowest BCUT2D eigenvalue weighted by molar-refractivity contribution is -0.120. The smallest absolute Gasteiger partial charge is 0.251 e. The van der Waals surface area contributed by atoms with Gasteiger partial charge in [-0.1, -0.05) is 6.92 Å². The molecule has 2 rings (SSSR count). The van der Waals surface area contributed by atoms with Crippen LogP contribution in [0.25, 0.3) is 10.9 Å². The molecule has 21 heavy (non-hydrogen) atoms. The molecule has 0 radical (unpaired) electrons. The van der Waals surface area contributed by atoms with Crippen molar-refractivity contribution in [3.63, 3.8) is 0 Å². The molecule has 2 amide bonds. The van der Waals surface area contributed by atoms with E-state index < -0.39 is 0 Å². The Morgan fingerprint density at radius 1 is 1.19 bits per heavy atom.